The Bertz CT molecular complexity index is 1350. The summed E-state index contributed by atoms with van der Waals surface area (Å²) in [7, 11) is 1.31. The Labute approximate surface area is 223 Å². The summed E-state index contributed by atoms with van der Waals surface area (Å²) in [6.07, 6.45) is 3.82. The van der Waals surface area contributed by atoms with E-state index in [2.05, 4.69) is 15.4 Å². The Hall–Kier alpha value is -3.60. The number of amides is 1. The molecule has 1 amide bonds. The lowest BCUT2D eigenvalue weighted by molar-refractivity contribution is -0.126. The highest BCUT2D eigenvalue weighted by atomic mass is 32.2. The maximum absolute atomic E-state index is 15.3. The molecule has 38 heavy (non-hydrogen) atoms. The number of anilines is 3. The number of nitrogens with zero attached hydrogens (tertiary/aromatic N) is 1. The second kappa shape index (κ2) is 12.3. The predicted molar refractivity (Wildman–Crippen MR) is 145 cm³/mol. The van der Waals surface area contributed by atoms with E-state index in [4.69, 9.17) is 9.21 Å². The molecule has 1 aromatic heterocycles. The summed E-state index contributed by atoms with van der Waals surface area (Å²) in [5.74, 6) is 1.37. The molecule has 0 aliphatic carbocycles. The van der Waals surface area contributed by atoms with E-state index in [1.807, 2.05) is 19.1 Å². The number of benzene rings is 1. The maximum atomic E-state index is 15.3. The Morgan fingerprint density at radius 3 is 2.47 bits per heavy atom. The molecule has 2 aliphatic rings. The molecule has 5 rings (SSSR count). The molecular weight excluding hydrogens is 513 g/mol. The fourth-order valence-electron chi connectivity index (χ4n) is 4.66. The van der Waals surface area contributed by atoms with Crippen molar-refractivity contribution in [3.8, 4) is 0 Å². The van der Waals surface area contributed by atoms with Gasteiger partial charge in [0, 0.05) is 18.3 Å². The molecule has 0 spiro atoms. The Balaban J connectivity index is 0.000000786. The lowest BCUT2D eigenvalue weighted by atomic mass is 10.0. The van der Waals surface area contributed by atoms with Gasteiger partial charge in [-0.05, 0) is 62.6 Å². The van der Waals surface area contributed by atoms with Crippen molar-refractivity contribution in [2.45, 2.75) is 43.9 Å². The van der Waals surface area contributed by atoms with E-state index in [1.165, 1.54) is 19.2 Å². The highest BCUT2D eigenvalue weighted by Crippen LogP contribution is 2.39. The molecule has 0 bridgehead atoms. The standard InChI is InChI=1S/C25H26FN3O4S.C2H4O2/c1-14-9-10-17(33-14)20(18-8-5-13-34-18)28-22-21(23(30)24(22)31)27-16-7-4-6-15(19(16)26)25(32)29-11-2-3-12-29;1-4-2-3/h4,6-7,9-10,18,20,27-28H,2-3,5,8,11-13H2,1H3;2H,1H3. The molecule has 3 heterocycles. The van der Waals surface area contributed by atoms with Crippen LogP contribution >= 0.6 is 11.8 Å². The van der Waals surface area contributed by atoms with Crippen molar-refractivity contribution < 1.29 is 23.1 Å². The molecule has 11 heteroatoms. The van der Waals surface area contributed by atoms with Gasteiger partial charge in [-0.25, -0.2) is 4.39 Å². The van der Waals surface area contributed by atoms with E-state index in [0.717, 1.165) is 37.2 Å². The minimum absolute atomic E-state index is 0.00551. The monoisotopic (exact) mass is 543 g/mol. The number of rotatable bonds is 8. The van der Waals surface area contributed by atoms with Gasteiger partial charge in [-0.2, -0.15) is 11.8 Å². The van der Waals surface area contributed by atoms with Crippen molar-refractivity contribution in [1.29, 1.82) is 0 Å². The summed E-state index contributed by atoms with van der Waals surface area (Å²) in [4.78, 5) is 48.2. The molecule has 0 saturated carbocycles. The lowest BCUT2D eigenvalue weighted by Crippen LogP contribution is -2.38. The number of halogens is 1. The largest absolute Gasteiger partial charge is 0.471 e. The van der Waals surface area contributed by atoms with E-state index in [0.29, 0.717) is 25.3 Å². The first-order valence-corrected chi connectivity index (χ1v) is 13.5. The average molecular weight is 544 g/mol. The van der Waals surface area contributed by atoms with Crippen molar-refractivity contribution >= 4 is 41.2 Å². The number of thioether (sulfide) groups is 1. The first-order chi connectivity index (χ1) is 18.3. The molecule has 2 unspecified atom stereocenters. The van der Waals surface area contributed by atoms with Crippen LogP contribution in [0.5, 0.6) is 0 Å². The van der Waals surface area contributed by atoms with Gasteiger partial charge in [0.2, 0.25) is 0 Å². The first kappa shape index (κ1) is 27.4. The van der Waals surface area contributed by atoms with E-state index in [1.54, 1.807) is 22.7 Å². The van der Waals surface area contributed by atoms with Crippen LogP contribution < -0.4 is 21.5 Å². The van der Waals surface area contributed by atoms with Crippen LogP contribution in [0.1, 0.15) is 53.6 Å². The van der Waals surface area contributed by atoms with Gasteiger partial charge >= 0.3 is 0 Å². The summed E-state index contributed by atoms with van der Waals surface area (Å²) in [5, 5.41) is 6.17. The predicted octanol–water partition coefficient (Wildman–Crippen LogP) is 4.14. The molecule has 2 N–H and O–H groups in total. The third-order valence-corrected chi connectivity index (χ3v) is 8.05. The minimum Gasteiger partial charge on any atom is -0.471 e. The van der Waals surface area contributed by atoms with Crippen LogP contribution in [0.2, 0.25) is 0 Å². The van der Waals surface area contributed by atoms with Crippen molar-refractivity contribution in [2.75, 3.05) is 36.6 Å². The molecule has 2 saturated heterocycles. The zero-order valence-electron chi connectivity index (χ0n) is 21.3. The number of hydrogen-bond acceptors (Lipinski definition) is 9. The third-order valence-electron chi connectivity index (χ3n) is 6.59. The number of likely N-dealkylation sites (tertiary alicyclic amines) is 1. The fraction of sp³-hybridized carbons (Fsp3) is 0.407. The topological polar surface area (TPSA) is 118 Å². The SMILES string of the molecule is COC=O.Cc1ccc(C(Nc2c(Nc3cccc(C(=O)N4CCCC4)c3F)c(=O)c2=O)C2CCCS2)o1. The van der Waals surface area contributed by atoms with E-state index < -0.39 is 16.7 Å². The zero-order valence-corrected chi connectivity index (χ0v) is 22.1. The van der Waals surface area contributed by atoms with Gasteiger partial charge in [0.15, 0.2) is 5.82 Å². The maximum Gasteiger partial charge on any atom is 0.292 e. The normalized spacial score (nSPS) is 17.6. The van der Waals surface area contributed by atoms with Crippen LogP contribution in [-0.4, -0.2) is 48.5 Å². The van der Waals surface area contributed by atoms with Gasteiger partial charge in [0.25, 0.3) is 23.2 Å². The van der Waals surface area contributed by atoms with Gasteiger partial charge in [-0.1, -0.05) is 6.07 Å². The highest BCUT2D eigenvalue weighted by Gasteiger charge is 2.33. The van der Waals surface area contributed by atoms with Crippen LogP contribution in [0.15, 0.2) is 44.3 Å². The van der Waals surface area contributed by atoms with E-state index in [-0.39, 0.29) is 39.8 Å². The summed E-state index contributed by atoms with van der Waals surface area (Å²) in [6.45, 7) is 3.44. The van der Waals surface area contributed by atoms with E-state index in [9.17, 15) is 14.4 Å². The zero-order chi connectivity index (χ0) is 27.2. The lowest BCUT2D eigenvalue weighted by Gasteiger charge is -2.25. The second-order valence-electron chi connectivity index (χ2n) is 9.15. The summed E-state index contributed by atoms with van der Waals surface area (Å²) in [6, 6.07) is 7.90. The quantitative estimate of drug-likeness (QED) is 0.319. The third kappa shape index (κ3) is 5.77. The van der Waals surface area contributed by atoms with Gasteiger partial charge < -0.3 is 24.7 Å². The molecule has 9 nitrogen and oxygen atoms in total. The van der Waals surface area contributed by atoms with Crippen LogP contribution in [0, 0.1) is 12.7 Å². The Morgan fingerprint density at radius 2 is 1.87 bits per heavy atom. The number of aryl methyl sites for hydroxylation is 1. The number of nitrogens with one attached hydrogen (secondary N) is 2. The Kier molecular flexibility index (Phi) is 8.88. The van der Waals surface area contributed by atoms with Gasteiger partial charge in [-0.3, -0.25) is 19.2 Å². The molecule has 202 valence electrons. The van der Waals surface area contributed by atoms with Crippen LogP contribution in [0.4, 0.5) is 21.5 Å². The van der Waals surface area contributed by atoms with Crippen molar-refractivity contribution in [1.82, 2.24) is 4.90 Å². The molecule has 3 aromatic rings. The average Bonchev–Trinajstić information content (AvgIpc) is 3.72. The smallest absolute Gasteiger partial charge is 0.292 e. The molecular formula is C27H30FN3O6S. The number of hydrogen-bond donors (Lipinski definition) is 2. The summed E-state index contributed by atoms with van der Waals surface area (Å²) in [5.41, 5.74) is -1.31. The summed E-state index contributed by atoms with van der Waals surface area (Å²) >= 11 is 1.79. The van der Waals surface area contributed by atoms with Crippen molar-refractivity contribution in [3.05, 3.63) is 73.7 Å². The number of methoxy groups -OCH3 is 1. The number of ether oxygens (including phenoxy) is 1. The second-order valence-corrected chi connectivity index (χ2v) is 10.5. The van der Waals surface area contributed by atoms with Crippen molar-refractivity contribution in [2.24, 2.45) is 0 Å². The minimum atomic E-state index is -0.733. The van der Waals surface area contributed by atoms with Crippen LogP contribution in [-0.2, 0) is 9.53 Å². The fourth-order valence-corrected chi connectivity index (χ4v) is 6.02. The number of furan rings is 1. The van der Waals surface area contributed by atoms with Gasteiger partial charge in [-0.15, -0.1) is 0 Å². The van der Waals surface area contributed by atoms with Gasteiger partial charge in [0.05, 0.1) is 24.4 Å². The molecule has 2 atom stereocenters. The molecule has 2 aliphatic heterocycles. The molecule has 2 aromatic carbocycles. The Morgan fingerprint density at radius 1 is 1.16 bits per heavy atom. The molecule has 2 fully saturated rings. The highest BCUT2D eigenvalue weighted by molar-refractivity contribution is 8.00. The number of carbonyl (C=O) groups is 2. The molecule has 0 radical (unpaired) electrons. The van der Waals surface area contributed by atoms with E-state index >= 15 is 4.39 Å². The van der Waals surface area contributed by atoms with Crippen molar-refractivity contribution in [3.63, 3.8) is 0 Å². The number of carbonyl (C=O) groups excluding carboxylic acids is 2. The first-order valence-electron chi connectivity index (χ1n) is 12.4. The van der Waals surface area contributed by atoms with Crippen LogP contribution in [0.25, 0.3) is 0 Å². The van der Waals surface area contributed by atoms with Crippen LogP contribution in [0.3, 0.4) is 0 Å². The van der Waals surface area contributed by atoms with Gasteiger partial charge in [0.1, 0.15) is 22.9 Å². The summed E-state index contributed by atoms with van der Waals surface area (Å²) < 4.78 is 25.0.